The number of benzene rings is 1. The molecule has 1 heterocycles. The van der Waals surface area contributed by atoms with Crippen LogP contribution in [0.1, 0.15) is 32.0 Å². The van der Waals surface area contributed by atoms with E-state index in [1.807, 2.05) is 6.07 Å². The van der Waals surface area contributed by atoms with Gasteiger partial charge in [-0.15, -0.1) is 11.3 Å². The molecule has 0 aliphatic heterocycles. The summed E-state index contributed by atoms with van der Waals surface area (Å²) >= 11 is 1.25. The summed E-state index contributed by atoms with van der Waals surface area (Å²) < 4.78 is 0. The second-order valence-corrected chi connectivity index (χ2v) is 7.60. The van der Waals surface area contributed by atoms with Crippen LogP contribution in [-0.2, 0) is 26.2 Å². The van der Waals surface area contributed by atoms with Gasteiger partial charge in [0.05, 0.1) is 12.1 Å². The van der Waals surface area contributed by atoms with E-state index in [0.717, 1.165) is 0 Å². The molecule has 2 rings (SSSR count). The second-order valence-electron chi connectivity index (χ2n) is 6.74. The standard InChI is InChI=1S/C19H23N3O4S/c1-12(2)16(24)22-18-21-14(10-27-18)9-15(23)20-11-19(3,17(25)26)13-7-5-4-6-8-13/h4-8,10,12H,9,11H2,1-3H3,(H,20,23)(H,25,26)(H,21,22,24). The summed E-state index contributed by atoms with van der Waals surface area (Å²) in [6.45, 7) is 5.10. The smallest absolute Gasteiger partial charge is 0.315 e. The number of carboxylic acid groups (broad SMARTS) is 1. The molecule has 27 heavy (non-hydrogen) atoms. The molecule has 1 atom stereocenters. The Hall–Kier alpha value is -2.74. The van der Waals surface area contributed by atoms with Crippen molar-refractivity contribution in [2.45, 2.75) is 32.6 Å². The number of aliphatic carboxylic acids is 1. The van der Waals surface area contributed by atoms with E-state index < -0.39 is 11.4 Å². The Morgan fingerprint density at radius 2 is 1.89 bits per heavy atom. The average molecular weight is 389 g/mol. The molecule has 3 N–H and O–H groups in total. The van der Waals surface area contributed by atoms with Gasteiger partial charge < -0.3 is 15.7 Å². The number of hydrogen-bond donors (Lipinski definition) is 3. The Morgan fingerprint density at radius 3 is 2.48 bits per heavy atom. The summed E-state index contributed by atoms with van der Waals surface area (Å²) in [5.41, 5.74) is -0.0893. The molecule has 0 saturated carbocycles. The lowest BCUT2D eigenvalue weighted by atomic mass is 9.82. The van der Waals surface area contributed by atoms with Gasteiger partial charge in [0, 0.05) is 17.8 Å². The van der Waals surface area contributed by atoms with Crippen molar-refractivity contribution in [3.8, 4) is 0 Å². The van der Waals surface area contributed by atoms with Crippen molar-refractivity contribution in [3.05, 3.63) is 47.0 Å². The minimum Gasteiger partial charge on any atom is -0.481 e. The summed E-state index contributed by atoms with van der Waals surface area (Å²) in [6.07, 6.45) is 0.0124. The number of amides is 2. The lowest BCUT2D eigenvalue weighted by Gasteiger charge is -2.25. The molecule has 8 heteroatoms. The molecule has 0 bridgehead atoms. The van der Waals surface area contributed by atoms with Crippen LogP contribution in [0, 0.1) is 5.92 Å². The molecule has 1 aromatic carbocycles. The Labute approximate surface area is 161 Å². The molecule has 7 nitrogen and oxygen atoms in total. The molecule has 0 fully saturated rings. The highest BCUT2D eigenvalue weighted by molar-refractivity contribution is 7.13. The third-order valence-corrected chi connectivity index (χ3v) is 4.98. The van der Waals surface area contributed by atoms with Gasteiger partial charge in [-0.25, -0.2) is 4.98 Å². The predicted molar refractivity (Wildman–Crippen MR) is 104 cm³/mol. The molecule has 0 aliphatic carbocycles. The lowest BCUT2D eigenvalue weighted by Crippen LogP contribution is -2.44. The van der Waals surface area contributed by atoms with E-state index in [0.29, 0.717) is 16.4 Å². The third kappa shape index (κ3) is 5.37. The molecule has 2 aromatic rings. The van der Waals surface area contributed by atoms with Crippen LogP contribution in [0.15, 0.2) is 35.7 Å². The van der Waals surface area contributed by atoms with E-state index in [9.17, 15) is 19.5 Å². The van der Waals surface area contributed by atoms with Gasteiger partial charge in [-0.1, -0.05) is 44.2 Å². The molecule has 2 amide bonds. The van der Waals surface area contributed by atoms with E-state index in [1.54, 1.807) is 50.4 Å². The first-order valence-corrected chi connectivity index (χ1v) is 9.41. The first kappa shape index (κ1) is 20.6. The lowest BCUT2D eigenvalue weighted by molar-refractivity contribution is -0.143. The number of rotatable bonds is 8. The molecule has 1 aromatic heterocycles. The van der Waals surface area contributed by atoms with Crippen LogP contribution in [0.3, 0.4) is 0 Å². The van der Waals surface area contributed by atoms with Crippen molar-refractivity contribution in [2.75, 3.05) is 11.9 Å². The molecule has 1 unspecified atom stereocenters. The minimum absolute atomic E-state index is 0.0124. The number of carboxylic acids is 1. The van der Waals surface area contributed by atoms with Gasteiger partial charge in [0.2, 0.25) is 11.8 Å². The number of aromatic nitrogens is 1. The average Bonchev–Trinajstić information content (AvgIpc) is 3.06. The maximum atomic E-state index is 12.2. The highest BCUT2D eigenvalue weighted by Crippen LogP contribution is 2.23. The number of hydrogen-bond acceptors (Lipinski definition) is 5. The number of carbonyl (C=O) groups is 3. The van der Waals surface area contributed by atoms with E-state index in [4.69, 9.17) is 0 Å². The molecule has 0 spiro atoms. The number of nitrogens with one attached hydrogen (secondary N) is 2. The quantitative estimate of drug-likeness (QED) is 0.643. The second kappa shape index (κ2) is 8.77. The zero-order valence-electron chi connectivity index (χ0n) is 15.5. The van der Waals surface area contributed by atoms with Crippen LogP contribution in [0.2, 0.25) is 0 Å². The summed E-state index contributed by atoms with van der Waals surface area (Å²) in [6, 6.07) is 8.79. The van der Waals surface area contributed by atoms with Crippen LogP contribution in [0.5, 0.6) is 0 Å². The van der Waals surface area contributed by atoms with Gasteiger partial charge >= 0.3 is 5.97 Å². The van der Waals surface area contributed by atoms with Crippen molar-refractivity contribution in [3.63, 3.8) is 0 Å². The zero-order chi connectivity index (χ0) is 20.0. The normalized spacial score (nSPS) is 13.0. The molecule has 144 valence electrons. The van der Waals surface area contributed by atoms with Gasteiger partial charge in [0.1, 0.15) is 5.41 Å². The minimum atomic E-state index is -1.23. The summed E-state index contributed by atoms with van der Waals surface area (Å²) in [5.74, 6) is -1.64. The summed E-state index contributed by atoms with van der Waals surface area (Å²) in [5, 5.41) is 17.1. The summed E-state index contributed by atoms with van der Waals surface area (Å²) in [7, 11) is 0. The Balaban J connectivity index is 1.96. The number of carbonyl (C=O) groups excluding carboxylic acids is 2. The van der Waals surface area contributed by atoms with E-state index in [-0.39, 0.29) is 30.7 Å². The van der Waals surface area contributed by atoms with Crippen molar-refractivity contribution in [1.82, 2.24) is 10.3 Å². The van der Waals surface area contributed by atoms with Crippen LogP contribution < -0.4 is 10.6 Å². The topological polar surface area (TPSA) is 108 Å². The summed E-state index contributed by atoms with van der Waals surface area (Å²) in [4.78, 5) is 39.9. The third-order valence-electron chi connectivity index (χ3n) is 4.17. The SMILES string of the molecule is CC(C)C(=O)Nc1nc(CC(=O)NCC(C)(C(=O)O)c2ccccc2)cs1. The van der Waals surface area contributed by atoms with E-state index in [1.165, 1.54) is 11.3 Å². The Kier molecular flexibility index (Phi) is 6.68. The van der Waals surface area contributed by atoms with E-state index >= 15 is 0 Å². The maximum Gasteiger partial charge on any atom is 0.315 e. The maximum absolute atomic E-state index is 12.2. The fraction of sp³-hybridized carbons (Fsp3) is 0.368. The Bertz CT molecular complexity index is 819. The van der Waals surface area contributed by atoms with Crippen LogP contribution >= 0.6 is 11.3 Å². The van der Waals surface area contributed by atoms with Crippen LogP contribution in [-0.4, -0.2) is 34.4 Å². The fourth-order valence-electron chi connectivity index (χ4n) is 2.30. The van der Waals surface area contributed by atoms with Gasteiger partial charge in [0.25, 0.3) is 0 Å². The van der Waals surface area contributed by atoms with Gasteiger partial charge in [0.15, 0.2) is 5.13 Å². The highest BCUT2D eigenvalue weighted by atomic mass is 32.1. The van der Waals surface area contributed by atoms with Crippen LogP contribution in [0.25, 0.3) is 0 Å². The zero-order valence-corrected chi connectivity index (χ0v) is 16.3. The molecule has 0 aliphatic rings. The fourth-order valence-corrected chi connectivity index (χ4v) is 3.02. The first-order chi connectivity index (χ1) is 12.7. The largest absolute Gasteiger partial charge is 0.481 e. The number of thiazole rings is 1. The van der Waals surface area contributed by atoms with Crippen molar-refractivity contribution < 1.29 is 19.5 Å². The van der Waals surface area contributed by atoms with Crippen molar-refractivity contribution in [1.29, 1.82) is 0 Å². The van der Waals surface area contributed by atoms with Crippen LogP contribution in [0.4, 0.5) is 5.13 Å². The predicted octanol–water partition coefficient (Wildman–Crippen LogP) is 2.44. The monoisotopic (exact) mass is 389 g/mol. The number of nitrogens with zero attached hydrogens (tertiary/aromatic N) is 1. The molecule has 0 saturated heterocycles. The van der Waals surface area contributed by atoms with Gasteiger partial charge in [-0.05, 0) is 12.5 Å². The van der Waals surface area contributed by atoms with Gasteiger partial charge in [-0.2, -0.15) is 0 Å². The highest BCUT2D eigenvalue weighted by Gasteiger charge is 2.35. The molecular weight excluding hydrogens is 366 g/mol. The van der Waals surface area contributed by atoms with Crippen molar-refractivity contribution >= 4 is 34.3 Å². The number of anilines is 1. The van der Waals surface area contributed by atoms with E-state index in [2.05, 4.69) is 15.6 Å². The Morgan fingerprint density at radius 1 is 1.22 bits per heavy atom. The molecule has 0 radical (unpaired) electrons. The first-order valence-electron chi connectivity index (χ1n) is 8.53. The van der Waals surface area contributed by atoms with Crippen molar-refractivity contribution in [2.24, 2.45) is 5.92 Å². The molecular formula is C19H23N3O4S. The van der Waals surface area contributed by atoms with Gasteiger partial charge in [-0.3, -0.25) is 14.4 Å².